The van der Waals surface area contributed by atoms with Gasteiger partial charge >= 0.3 is 0 Å². The second-order valence-electron chi connectivity index (χ2n) is 5.63. The lowest BCUT2D eigenvalue weighted by atomic mass is 10.3. The number of aromatic amines is 1. The Bertz CT molecular complexity index is 784. The molecule has 3 aromatic rings. The summed E-state index contributed by atoms with van der Waals surface area (Å²) in [7, 11) is 1.98. The Balaban J connectivity index is 1.58. The zero-order chi connectivity index (χ0) is 15.6. The summed E-state index contributed by atoms with van der Waals surface area (Å²) < 4.78 is 0. The molecule has 2 aromatic heterocycles. The van der Waals surface area contributed by atoms with E-state index in [1.807, 2.05) is 30.4 Å². The van der Waals surface area contributed by atoms with Crippen LogP contribution in [0.1, 0.15) is 11.5 Å². The van der Waals surface area contributed by atoms with Crippen LogP contribution in [0.2, 0.25) is 0 Å². The third-order valence-corrected chi connectivity index (χ3v) is 4.05. The Morgan fingerprint density at radius 1 is 1.22 bits per heavy atom. The predicted molar refractivity (Wildman–Crippen MR) is 89.9 cm³/mol. The normalized spacial score (nSPS) is 13.2. The molecule has 0 bridgehead atoms. The summed E-state index contributed by atoms with van der Waals surface area (Å²) in [6.07, 6.45) is 6.44. The number of nitrogens with zero attached hydrogens (tertiary/aromatic N) is 5. The molecule has 1 N–H and O–H groups in total. The van der Waals surface area contributed by atoms with E-state index in [1.54, 1.807) is 6.20 Å². The van der Waals surface area contributed by atoms with Crippen LogP contribution in [0.5, 0.6) is 0 Å². The van der Waals surface area contributed by atoms with Crippen molar-refractivity contribution < 1.29 is 0 Å². The molecule has 0 saturated carbocycles. The van der Waals surface area contributed by atoms with Gasteiger partial charge in [0.05, 0.1) is 24.1 Å². The molecule has 0 spiro atoms. The number of H-pyrrole nitrogens is 1. The molecule has 0 saturated heterocycles. The van der Waals surface area contributed by atoms with E-state index in [4.69, 9.17) is 4.98 Å². The highest BCUT2D eigenvalue weighted by atomic mass is 15.3. The molecular weight excluding hydrogens is 288 g/mol. The summed E-state index contributed by atoms with van der Waals surface area (Å²) in [5.41, 5.74) is 3.39. The number of nitrogens with one attached hydrogen (secondary N) is 1. The number of aromatic nitrogens is 4. The molecule has 1 aromatic carbocycles. The SMILES string of the molecule is CN(Cc1ncc[nH]1)c1ncc2c(n1)CCN2c1ccccc1. The highest BCUT2D eigenvalue weighted by molar-refractivity contribution is 5.68. The first-order chi connectivity index (χ1) is 11.3. The maximum atomic E-state index is 4.74. The Kier molecular flexibility index (Phi) is 3.42. The van der Waals surface area contributed by atoms with Crippen molar-refractivity contribution >= 4 is 17.3 Å². The number of benzene rings is 1. The number of para-hydroxylation sites is 1. The van der Waals surface area contributed by atoms with Crippen LogP contribution < -0.4 is 9.80 Å². The van der Waals surface area contributed by atoms with Crippen molar-refractivity contribution in [2.45, 2.75) is 13.0 Å². The minimum absolute atomic E-state index is 0.661. The largest absolute Gasteiger partial charge is 0.347 e. The first kappa shape index (κ1) is 13.8. The summed E-state index contributed by atoms with van der Waals surface area (Å²) in [6.45, 7) is 1.60. The number of hydrogen-bond acceptors (Lipinski definition) is 5. The van der Waals surface area contributed by atoms with Crippen LogP contribution in [0.25, 0.3) is 0 Å². The first-order valence-electron chi connectivity index (χ1n) is 7.69. The quantitative estimate of drug-likeness (QED) is 0.802. The van der Waals surface area contributed by atoms with E-state index in [2.05, 4.69) is 44.1 Å². The van der Waals surface area contributed by atoms with Crippen molar-refractivity contribution in [2.24, 2.45) is 0 Å². The van der Waals surface area contributed by atoms with E-state index in [-0.39, 0.29) is 0 Å². The minimum atomic E-state index is 0.661. The third-order valence-electron chi connectivity index (χ3n) is 4.05. The Morgan fingerprint density at radius 3 is 2.87 bits per heavy atom. The molecule has 6 heteroatoms. The lowest BCUT2D eigenvalue weighted by Crippen LogP contribution is -2.20. The fourth-order valence-electron chi connectivity index (χ4n) is 2.89. The van der Waals surface area contributed by atoms with Gasteiger partial charge in [-0.15, -0.1) is 0 Å². The van der Waals surface area contributed by atoms with Gasteiger partial charge in [-0.1, -0.05) is 18.2 Å². The molecule has 0 aliphatic carbocycles. The van der Waals surface area contributed by atoms with Crippen molar-refractivity contribution in [1.82, 2.24) is 19.9 Å². The lowest BCUT2D eigenvalue weighted by Gasteiger charge is -2.20. The van der Waals surface area contributed by atoms with Gasteiger partial charge in [0.2, 0.25) is 5.95 Å². The van der Waals surface area contributed by atoms with Gasteiger partial charge < -0.3 is 14.8 Å². The Morgan fingerprint density at radius 2 is 2.09 bits per heavy atom. The van der Waals surface area contributed by atoms with Crippen molar-refractivity contribution in [3.8, 4) is 0 Å². The molecule has 1 aliphatic rings. The lowest BCUT2D eigenvalue weighted by molar-refractivity contribution is 0.816. The predicted octanol–water partition coefficient (Wildman–Crippen LogP) is 2.53. The Labute approximate surface area is 134 Å². The fourth-order valence-corrected chi connectivity index (χ4v) is 2.89. The molecule has 0 amide bonds. The molecule has 1 aliphatic heterocycles. The van der Waals surface area contributed by atoms with E-state index in [9.17, 15) is 0 Å². The van der Waals surface area contributed by atoms with Gasteiger partial charge in [0, 0.05) is 38.1 Å². The molecular formula is C17H18N6. The number of hydrogen-bond donors (Lipinski definition) is 1. The van der Waals surface area contributed by atoms with Crippen molar-refractivity contribution in [1.29, 1.82) is 0 Å². The van der Waals surface area contributed by atoms with Gasteiger partial charge in [0.15, 0.2) is 0 Å². The smallest absolute Gasteiger partial charge is 0.225 e. The third kappa shape index (κ3) is 2.63. The standard InChI is InChI=1S/C17H18N6/c1-22(12-16-18-8-9-19-16)17-20-11-15-14(21-17)7-10-23(15)13-5-3-2-4-6-13/h2-6,8-9,11H,7,10,12H2,1H3,(H,18,19). The van der Waals surface area contributed by atoms with Gasteiger partial charge in [0.1, 0.15) is 5.82 Å². The summed E-state index contributed by atoms with van der Waals surface area (Å²) in [4.78, 5) is 20.9. The fraction of sp³-hybridized carbons (Fsp3) is 0.235. The van der Waals surface area contributed by atoms with E-state index < -0.39 is 0 Å². The molecule has 0 radical (unpaired) electrons. The molecule has 0 atom stereocenters. The monoisotopic (exact) mass is 306 g/mol. The van der Waals surface area contributed by atoms with E-state index in [0.717, 1.165) is 36.1 Å². The van der Waals surface area contributed by atoms with Crippen LogP contribution in [0.15, 0.2) is 48.9 Å². The Hall–Kier alpha value is -2.89. The van der Waals surface area contributed by atoms with Crippen LogP contribution in [0.4, 0.5) is 17.3 Å². The first-order valence-corrected chi connectivity index (χ1v) is 7.69. The number of imidazole rings is 1. The molecule has 23 heavy (non-hydrogen) atoms. The van der Waals surface area contributed by atoms with Crippen LogP contribution in [-0.4, -0.2) is 33.5 Å². The minimum Gasteiger partial charge on any atom is -0.347 e. The molecule has 3 heterocycles. The van der Waals surface area contributed by atoms with Gasteiger partial charge in [-0.05, 0) is 12.1 Å². The average Bonchev–Trinajstić information content (AvgIpc) is 3.24. The molecule has 4 rings (SSSR count). The van der Waals surface area contributed by atoms with Crippen LogP contribution in [-0.2, 0) is 13.0 Å². The summed E-state index contributed by atoms with van der Waals surface area (Å²) >= 11 is 0. The highest BCUT2D eigenvalue weighted by Crippen LogP contribution is 2.33. The van der Waals surface area contributed by atoms with Crippen LogP contribution in [0, 0.1) is 0 Å². The average molecular weight is 306 g/mol. The molecule has 6 nitrogen and oxygen atoms in total. The van der Waals surface area contributed by atoms with Crippen molar-refractivity contribution in [3.05, 3.63) is 60.4 Å². The zero-order valence-electron chi connectivity index (χ0n) is 13.0. The van der Waals surface area contributed by atoms with Gasteiger partial charge in [0.25, 0.3) is 0 Å². The van der Waals surface area contributed by atoms with Crippen molar-refractivity contribution in [3.63, 3.8) is 0 Å². The maximum absolute atomic E-state index is 4.74. The van der Waals surface area contributed by atoms with Crippen LogP contribution >= 0.6 is 0 Å². The maximum Gasteiger partial charge on any atom is 0.225 e. The second-order valence-corrected chi connectivity index (χ2v) is 5.63. The molecule has 0 unspecified atom stereocenters. The topological polar surface area (TPSA) is 60.9 Å². The summed E-state index contributed by atoms with van der Waals surface area (Å²) in [6, 6.07) is 10.4. The second kappa shape index (κ2) is 5.72. The molecule has 116 valence electrons. The van der Waals surface area contributed by atoms with E-state index in [1.165, 1.54) is 5.69 Å². The van der Waals surface area contributed by atoms with Gasteiger partial charge in [-0.25, -0.2) is 15.0 Å². The number of rotatable bonds is 4. The van der Waals surface area contributed by atoms with E-state index >= 15 is 0 Å². The number of anilines is 3. The van der Waals surface area contributed by atoms with Gasteiger partial charge in [-0.2, -0.15) is 0 Å². The number of fused-ring (bicyclic) bond motifs is 1. The molecule has 0 fully saturated rings. The summed E-state index contributed by atoms with van der Waals surface area (Å²) in [5, 5.41) is 0. The van der Waals surface area contributed by atoms with Gasteiger partial charge in [-0.3, -0.25) is 0 Å². The zero-order valence-corrected chi connectivity index (χ0v) is 13.0. The van der Waals surface area contributed by atoms with Crippen LogP contribution in [0.3, 0.4) is 0 Å². The highest BCUT2D eigenvalue weighted by Gasteiger charge is 2.23. The van der Waals surface area contributed by atoms with E-state index in [0.29, 0.717) is 6.54 Å². The van der Waals surface area contributed by atoms with Crippen molar-refractivity contribution in [2.75, 3.05) is 23.4 Å². The summed E-state index contributed by atoms with van der Waals surface area (Å²) in [5.74, 6) is 1.64.